The molecule has 1 unspecified atom stereocenters. The van der Waals surface area contributed by atoms with Crippen molar-refractivity contribution >= 4 is 11.7 Å². The minimum absolute atomic E-state index is 0.133. The van der Waals surface area contributed by atoms with Crippen LogP contribution in [0.25, 0.3) is 0 Å². The fourth-order valence-electron chi connectivity index (χ4n) is 2.43. The van der Waals surface area contributed by atoms with Crippen LogP contribution in [-0.4, -0.2) is 37.0 Å². The van der Waals surface area contributed by atoms with Crippen molar-refractivity contribution in [2.24, 2.45) is 0 Å². The third-order valence-corrected chi connectivity index (χ3v) is 3.74. The van der Waals surface area contributed by atoms with E-state index in [2.05, 4.69) is 5.32 Å². The van der Waals surface area contributed by atoms with E-state index < -0.39 is 41.6 Å². The van der Waals surface area contributed by atoms with Crippen molar-refractivity contribution in [1.82, 2.24) is 5.32 Å². The smallest absolute Gasteiger partial charge is 0.369 e. The second kappa shape index (κ2) is 6.32. The first-order valence-corrected chi connectivity index (χ1v) is 7.02. The summed E-state index contributed by atoms with van der Waals surface area (Å²) in [5.74, 6) is -9.23. The van der Waals surface area contributed by atoms with Crippen LogP contribution in [-0.2, 0) is 26.3 Å². The Balaban J connectivity index is 2.31. The van der Waals surface area contributed by atoms with Crippen molar-refractivity contribution in [2.75, 3.05) is 13.2 Å². The Morgan fingerprint density at radius 1 is 1.28 bits per heavy atom. The van der Waals surface area contributed by atoms with Crippen LogP contribution < -0.4 is 5.32 Å². The SMILES string of the molecule is CC1(c2cc(CC(=O)C(F)(F)C(F)(F)F)ccc2F)COCC(=O)N1. The lowest BCUT2D eigenvalue weighted by molar-refractivity contribution is -0.268. The molecule has 0 aliphatic carbocycles. The van der Waals surface area contributed by atoms with Crippen LogP contribution in [0.3, 0.4) is 0 Å². The monoisotopic (exact) mass is 369 g/mol. The number of nitrogens with one attached hydrogen (secondary N) is 1. The summed E-state index contributed by atoms with van der Waals surface area (Å²) >= 11 is 0. The normalized spacial score (nSPS) is 21.8. The number of ketones is 1. The van der Waals surface area contributed by atoms with E-state index in [1.807, 2.05) is 0 Å². The zero-order valence-electron chi connectivity index (χ0n) is 12.8. The summed E-state index contributed by atoms with van der Waals surface area (Å²) in [6, 6.07) is 2.72. The predicted octanol–water partition coefficient (Wildman–Crippen LogP) is 2.50. The molecule has 1 amide bonds. The first-order valence-electron chi connectivity index (χ1n) is 7.02. The Bertz CT molecular complexity index is 703. The lowest BCUT2D eigenvalue weighted by Crippen LogP contribution is -2.53. The maximum Gasteiger partial charge on any atom is 0.461 e. The number of halogens is 6. The maximum absolute atomic E-state index is 14.1. The summed E-state index contributed by atoms with van der Waals surface area (Å²) in [6.45, 7) is 1.03. The van der Waals surface area contributed by atoms with Gasteiger partial charge in [-0.15, -0.1) is 0 Å². The second-order valence-electron chi connectivity index (χ2n) is 5.86. The van der Waals surface area contributed by atoms with E-state index in [1.54, 1.807) is 0 Å². The van der Waals surface area contributed by atoms with Crippen LogP contribution in [0, 0.1) is 5.82 Å². The topological polar surface area (TPSA) is 55.4 Å². The Kier molecular flexibility index (Phi) is 4.86. The van der Waals surface area contributed by atoms with Gasteiger partial charge in [-0.2, -0.15) is 22.0 Å². The molecule has 0 spiro atoms. The van der Waals surface area contributed by atoms with Gasteiger partial charge in [-0.25, -0.2) is 4.39 Å². The molecule has 0 bridgehead atoms. The average molecular weight is 369 g/mol. The van der Waals surface area contributed by atoms with Crippen LogP contribution >= 0.6 is 0 Å². The highest BCUT2D eigenvalue weighted by Crippen LogP contribution is 2.37. The molecule has 1 aliphatic heterocycles. The van der Waals surface area contributed by atoms with Gasteiger partial charge in [0.2, 0.25) is 11.7 Å². The summed E-state index contributed by atoms with van der Waals surface area (Å²) in [5, 5.41) is 2.47. The maximum atomic E-state index is 14.1. The average Bonchev–Trinajstić information content (AvgIpc) is 2.47. The Morgan fingerprint density at radius 3 is 2.48 bits per heavy atom. The number of rotatable bonds is 4. The Hall–Kier alpha value is -2.10. The molecule has 1 fully saturated rings. The van der Waals surface area contributed by atoms with Gasteiger partial charge in [0.1, 0.15) is 12.4 Å². The number of ether oxygens (including phenoxy) is 1. The molecule has 1 N–H and O–H groups in total. The number of benzene rings is 1. The van der Waals surface area contributed by atoms with E-state index in [0.717, 1.165) is 18.2 Å². The molecule has 10 heteroatoms. The highest BCUT2D eigenvalue weighted by molar-refractivity contribution is 5.88. The van der Waals surface area contributed by atoms with E-state index in [-0.39, 0.29) is 24.3 Å². The van der Waals surface area contributed by atoms with Crippen molar-refractivity contribution in [1.29, 1.82) is 0 Å². The van der Waals surface area contributed by atoms with Crippen molar-refractivity contribution in [3.05, 3.63) is 35.1 Å². The second-order valence-corrected chi connectivity index (χ2v) is 5.86. The molecule has 0 radical (unpaired) electrons. The van der Waals surface area contributed by atoms with Gasteiger partial charge in [0.15, 0.2) is 0 Å². The van der Waals surface area contributed by atoms with Crippen LogP contribution in [0.5, 0.6) is 0 Å². The van der Waals surface area contributed by atoms with E-state index in [9.17, 15) is 35.9 Å². The zero-order chi connectivity index (χ0) is 19.0. The van der Waals surface area contributed by atoms with E-state index in [4.69, 9.17) is 4.74 Å². The highest BCUT2D eigenvalue weighted by atomic mass is 19.4. The largest absolute Gasteiger partial charge is 0.461 e. The molecule has 1 aliphatic rings. The minimum Gasteiger partial charge on any atom is -0.369 e. The van der Waals surface area contributed by atoms with Gasteiger partial charge in [0, 0.05) is 12.0 Å². The van der Waals surface area contributed by atoms with Gasteiger partial charge in [0.05, 0.1) is 12.1 Å². The molecule has 2 rings (SSSR count). The number of morpholine rings is 1. The fourth-order valence-corrected chi connectivity index (χ4v) is 2.43. The van der Waals surface area contributed by atoms with Crippen molar-refractivity contribution < 1.29 is 40.7 Å². The lowest BCUT2D eigenvalue weighted by atomic mass is 9.89. The summed E-state index contributed by atoms with van der Waals surface area (Å²) in [4.78, 5) is 22.8. The number of hydrogen-bond acceptors (Lipinski definition) is 3. The van der Waals surface area contributed by atoms with E-state index in [1.165, 1.54) is 6.92 Å². The van der Waals surface area contributed by atoms with Crippen molar-refractivity contribution in [2.45, 2.75) is 31.0 Å². The van der Waals surface area contributed by atoms with Gasteiger partial charge in [-0.05, 0) is 24.6 Å². The molecular weight excluding hydrogens is 356 g/mol. The molecule has 1 aromatic carbocycles. The number of Topliss-reactive ketones (excluding diaryl/α,β-unsaturated/α-hetero) is 1. The Labute approximate surface area is 138 Å². The van der Waals surface area contributed by atoms with Crippen LogP contribution in [0.2, 0.25) is 0 Å². The number of amides is 1. The van der Waals surface area contributed by atoms with Crippen molar-refractivity contribution in [3.63, 3.8) is 0 Å². The van der Waals surface area contributed by atoms with Gasteiger partial charge in [-0.3, -0.25) is 9.59 Å². The molecule has 1 heterocycles. The molecule has 138 valence electrons. The van der Waals surface area contributed by atoms with Crippen LogP contribution in [0.1, 0.15) is 18.1 Å². The molecule has 1 saturated heterocycles. The summed E-state index contributed by atoms with van der Waals surface area (Å²) in [6.07, 6.45) is -7.26. The molecule has 25 heavy (non-hydrogen) atoms. The molecule has 1 atom stereocenters. The first-order chi connectivity index (χ1) is 11.4. The minimum atomic E-state index is -6.01. The Morgan fingerprint density at radius 2 is 1.92 bits per heavy atom. The fraction of sp³-hybridized carbons (Fsp3) is 0.467. The van der Waals surface area contributed by atoms with Gasteiger partial charge in [0.25, 0.3) is 0 Å². The van der Waals surface area contributed by atoms with E-state index >= 15 is 0 Å². The molecule has 0 aromatic heterocycles. The number of carbonyl (C=O) groups excluding carboxylic acids is 2. The van der Waals surface area contributed by atoms with Gasteiger partial charge in [-0.1, -0.05) is 6.07 Å². The van der Waals surface area contributed by atoms with Crippen molar-refractivity contribution in [3.8, 4) is 0 Å². The van der Waals surface area contributed by atoms with Crippen LogP contribution in [0.4, 0.5) is 26.3 Å². The lowest BCUT2D eigenvalue weighted by Gasteiger charge is -2.35. The highest BCUT2D eigenvalue weighted by Gasteiger charge is 2.62. The zero-order valence-corrected chi connectivity index (χ0v) is 12.8. The quantitative estimate of drug-likeness (QED) is 0.830. The van der Waals surface area contributed by atoms with Gasteiger partial charge >= 0.3 is 12.1 Å². The summed E-state index contributed by atoms with van der Waals surface area (Å²) < 4.78 is 81.9. The number of hydrogen-bond donors (Lipinski definition) is 1. The van der Waals surface area contributed by atoms with Crippen LogP contribution in [0.15, 0.2) is 18.2 Å². The first kappa shape index (κ1) is 19.2. The number of carbonyl (C=O) groups is 2. The standard InChI is InChI=1S/C15H13F6NO3/c1-13(7-25-6-12(24)22-13)9-4-8(2-3-10(9)16)5-11(23)14(17,18)15(19,20)21/h2-4H,5-7H2,1H3,(H,22,24). The summed E-state index contributed by atoms with van der Waals surface area (Å²) in [7, 11) is 0. The third-order valence-electron chi connectivity index (χ3n) is 3.74. The molecule has 1 aromatic rings. The number of alkyl halides is 5. The molecule has 0 saturated carbocycles. The molecule has 4 nitrogen and oxygen atoms in total. The third kappa shape index (κ3) is 3.78. The molecular formula is C15H13F6NO3. The predicted molar refractivity (Wildman–Crippen MR) is 72.4 cm³/mol. The van der Waals surface area contributed by atoms with Gasteiger partial charge < -0.3 is 10.1 Å². The van der Waals surface area contributed by atoms with E-state index in [0.29, 0.717) is 0 Å². The summed E-state index contributed by atoms with van der Waals surface area (Å²) in [5.41, 5.74) is -1.77.